The predicted octanol–water partition coefficient (Wildman–Crippen LogP) is 2.58. The van der Waals surface area contributed by atoms with Crippen LogP contribution in [0.4, 0.5) is 5.82 Å². The first-order valence-corrected chi connectivity index (χ1v) is 6.23. The van der Waals surface area contributed by atoms with Gasteiger partial charge in [0, 0.05) is 5.25 Å². The van der Waals surface area contributed by atoms with Crippen molar-refractivity contribution in [3.8, 4) is 0 Å². The second kappa shape index (κ2) is 4.03. The molecule has 1 fully saturated rings. The average Bonchev–Trinajstić information content (AvgIpc) is 2.49. The molecule has 1 aromatic heterocycles. The fourth-order valence-corrected chi connectivity index (χ4v) is 3.15. The predicted molar refractivity (Wildman–Crippen MR) is 61.8 cm³/mol. The van der Waals surface area contributed by atoms with Crippen molar-refractivity contribution in [3.63, 3.8) is 0 Å². The van der Waals surface area contributed by atoms with Gasteiger partial charge >= 0.3 is 0 Å². The van der Waals surface area contributed by atoms with Crippen molar-refractivity contribution in [1.82, 2.24) is 9.78 Å². The van der Waals surface area contributed by atoms with Gasteiger partial charge in [-0.15, -0.1) is 0 Å². The van der Waals surface area contributed by atoms with E-state index in [1.54, 1.807) is 6.20 Å². The molecule has 2 heterocycles. The Labute approximate surface area is 93.0 Å². The molecule has 5 heteroatoms. The minimum Gasteiger partial charge on any atom is -0.383 e. The van der Waals surface area contributed by atoms with Crippen LogP contribution in [0.5, 0.6) is 0 Å². The Hall–Kier alpha value is -0.350. The van der Waals surface area contributed by atoms with Crippen molar-refractivity contribution < 1.29 is 0 Å². The van der Waals surface area contributed by atoms with E-state index in [0.29, 0.717) is 22.1 Å². The molecular formula is C9H14ClN3S. The van der Waals surface area contributed by atoms with Gasteiger partial charge in [0.15, 0.2) is 0 Å². The van der Waals surface area contributed by atoms with E-state index in [0.717, 1.165) is 6.42 Å². The molecule has 0 radical (unpaired) electrons. The third kappa shape index (κ3) is 1.73. The summed E-state index contributed by atoms with van der Waals surface area (Å²) in [6.07, 6.45) is 4.01. The molecular weight excluding hydrogens is 218 g/mol. The van der Waals surface area contributed by atoms with Gasteiger partial charge in [-0.2, -0.15) is 16.9 Å². The highest BCUT2D eigenvalue weighted by molar-refractivity contribution is 7.99. The molecule has 1 aromatic rings. The molecule has 0 aromatic carbocycles. The zero-order chi connectivity index (χ0) is 10.1. The number of nitrogens with two attached hydrogens (primary N) is 1. The van der Waals surface area contributed by atoms with Gasteiger partial charge in [-0.25, -0.2) is 4.68 Å². The van der Waals surface area contributed by atoms with Gasteiger partial charge in [0.2, 0.25) is 0 Å². The van der Waals surface area contributed by atoms with Crippen LogP contribution in [-0.4, -0.2) is 20.8 Å². The van der Waals surface area contributed by atoms with Crippen LogP contribution >= 0.6 is 23.4 Å². The summed E-state index contributed by atoms with van der Waals surface area (Å²) in [7, 11) is 0. The molecule has 1 aliphatic heterocycles. The third-order valence-corrected chi connectivity index (χ3v) is 4.32. The topological polar surface area (TPSA) is 43.8 Å². The molecule has 1 aliphatic rings. The summed E-state index contributed by atoms with van der Waals surface area (Å²) < 4.78 is 1.87. The summed E-state index contributed by atoms with van der Waals surface area (Å²) in [6, 6.07) is 0.404. The molecule has 1 saturated heterocycles. The van der Waals surface area contributed by atoms with Crippen molar-refractivity contribution in [3.05, 3.63) is 11.2 Å². The van der Waals surface area contributed by atoms with Crippen LogP contribution in [0, 0.1) is 0 Å². The van der Waals surface area contributed by atoms with E-state index in [9.17, 15) is 0 Å². The number of nitrogen functional groups attached to an aromatic ring is 1. The van der Waals surface area contributed by atoms with Crippen LogP contribution in [0.3, 0.4) is 0 Å². The molecule has 0 bridgehead atoms. The van der Waals surface area contributed by atoms with Crippen LogP contribution in [0.1, 0.15) is 25.8 Å². The van der Waals surface area contributed by atoms with Crippen LogP contribution < -0.4 is 5.73 Å². The molecule has 0 amide bonds. The van der Waals surface area contributed by atoms with Crippen LogP contribution in [0.25, 0.3) is 0 Å². The Morgan fingerprint density at radius 3 is 3.07 bits per heavy atom. The van der Waals surface area contributed by atoms with Crippen molar-refractivity contribution in [1.29, 1.82) is 0 Å². The quantitative estimate of drug-likeness (QED) is 0.808. The van der Waals surface area contributed by atoms with Crippen molar-refractivity contribution in [2.45, 2.75) is 31.1 Å². The Balaban J connectivity index is 2.24. The molecule has 2 rings (SSSR count). The molecule has 2 unspecified atom stereocenters. The maximum atomic E-state index is 5.88. The Bertz CT molecular complexity index is 326. The molecule has 3 nitrogen and oxygen atoms in total. The second-order valence-electron chi connectivity index (χ2n) is 3.61. The minimum absolute atomic E-state index is 0.404. The third-order valence-electron chi connectivity index (χ3n) is 2.67. The number of halogens is 1. The molecule has 0 spiro atoms. The van der Waals surface area contributed by atoms with E-state index in [4.69, 9.17) is 17.3 Å². The summed E-state index contributed by atoms with van der Waals surface area (Å²) in [5, 5.41) is 5.37. The number of anilines is 1. The van der Waals surface area contributed by atoms with E-state index >= 15 is 0 Å². The first-order valence-electron chi connectivity index (χ1n) is 4.80. The lowest BCUT2D eigenvalue weighted by Crippen LogP contribution is -2.25. The molecule has 0 saturated carbocycles. The molecule has 0 aliphatic carbocycles. The summed E-state index contributed by atoms with van der Waals surface area (Å²) in [4.78, 5) is 0. The van der Waals surface area contributed by atoms with Crippen molar-refractivity contribution in [2.75, 3.05) is 11.5 Å². The van der Waals surface area contributed by atoms with E-state index in [1.807, 2.05) is 16.4 Å². The number of rotatable bonds is 1. The lowest BCUT2D eigenvalue weighted by atomic mass is 10.1. The van der Waals surface area contributed by atoms with Crippen LogP contribution in [0.15, 0.2) is 6.20 Å². The van der Waals surface area contributed by atoms with Crippen molar-refractivity contribution >= 4 is 29.2 Å². The lowest BCUT2D eigenvalue weighted by Gasteiger charge is -2.29. The highest BCUT2D eigenvalue weighted by Crippen LogP contribution is 2.35. The molecule has 14 heavy (non-hydrogen) atoms. The van der Waals surface area contributed by atoms with Crippen LogP contribution in [0.2, 0.25) is 5.02 Å². The monoisotopic (exact) mass is 231 g/mol. The van der Waals surface area contributed by atoms with E-state index in [1.165, 1.54) is 12.2 Å². The standard InChI is InChI=1S/C9H14ClN3S/c1-6-8(3-2-4-14-6)13-9(11)7(10)5-12-13/h5-6,8H,2-4,11H2,1H3. The maximum absolute atomic E-state index is 5.88. The first kappa shape index (κ1) is 10.2. The Kier molecular flexibility index (Phi) is 2.93. The highest BCUT2D eigenvalue weighted by atomic mass is 35.5. The summed E-state index contributed by atoms with van der Waals surface area (Å²) in [6.45, 7) is 2.23. The summed E-state index contributed by atoms with van der Waals surface area (Å²) in [5.74, 6) is 1.85. The highest BCUT2D eigenvalue weighted by Gasteiger charge is 2.25. The van der Waals surface area contributed by atoms with Gasteiger partial charge in [-0.1, -0.05) is 18.5 Å². The average molecular weight is 232 g/mol. The molecule has 2 atom stereocenters. The number of nitrogens with zero attached hydrogens (tertiary/aromatic N) is 2. The van der Waals surface area contributed by atoms with Gasteiger partial charge in [-0.3, -0.25) is 0 Å². The van der Waals surface area contributed by atoms with Crippen molar-refractivity contribution in [2.24, 2.45) is 0 Å². The number of hydrogen-bond acceptors (Lipinski definition) is 3. The summed E-state index contributed by atoms with van der Waals surface area (Å²) >= 11 is 7.86. The maximum Gasteiger partial charge on any atom is 0.140 e. The van der Waals surface area contributed by atoms with Crippen LogP contribution in [-0.2, 0) is 0 Å². The molecule has 2 N–H and O–H groups in total. The summed E-state index contributed by atoms with van der Waals surface area (Å²) in [5.41, 5.74) is 5.85. The fraction of sp³-hybridized carbons (Fsp3) is 0.667. The van der Waals surface area contributed by atoms with Gasteiger partial charge < -0.3 is 5.73 Å². The number of hydrogen-bond donors (Lipinski definition) is 1. The fourth-order valence-electron chi connectivity index (χ4n) is 1.84. The first-order chi connectivity index (χ1) is 6.70. The number of aromatic nitrogens is 2. The largest absolute Gasteiger partial charge is 0.383 e. The van der Waals surface area contributed by atoms with Gasteiger partial charge in [0.05, 0.1) is 12.2 Å². The van der Waals surface area contributed by atoms with Gasteiger partial charge in [0.25, 0.3) is 0 Å². The minimum atomic E-state index is 0.404. The SMILES string of the molecule is CC1SCCCC1n1ncc(Cl)c1N. The van der Waals surface area contributed by atoms with E-state index < -0.39 is 0 Å². The molecule has 78 valence electrons. The van der Waals surface area contributed by atoms with E-state index in [-0.39, 0.29) is 0 Å². The zero-order valence-corrected chi connectivity index (χ0v) is 9.68. The Morgan fingerprint density at radius 2 is 2.50 bits per heavy atom. The second-order valence-corrected chi connectivity index (χ2v) is 5.50. The van der Waals surface area contributed by atoms with Gasteiger partial charge in [0.1, 0.15) is 10.8 Å². The van der Waals surface area contributed by atoms with E-state index in [2.05, 4.69) is 12.0 Å². The number of thioether (sulfide) groups is 1. The smallest absolute Gasteiger partial charge is 0.140 e. The lowest BCUT2D eigenvalue weighted by molar-refractivity contribution is 0.415. The van der Waals surface area contributed by atoms with Gasteiger partial charge in [-0.05, 0) is 18.6 Å². The Morgan fingerprint density at radius 1 is 1.71 bits per heavy atom. The normalized spacial score (nSPS) is 27.9. The zero-order valence-electron chi connectivity index (χ0n) is 8.11.